The number of para-hydroxylation sites is 1. The number of carbonyl (C=O) groups excluding carboxylic acids is 3. The summed E-state index contributed by atoms with van der Waals surface area (Å²) in [6.45, 7) is 0. The largest absolute Gasteiger partial charge is 0.465 e. The second kappa shape index (κ2) is 7.53. The number of methoxy groups -OCH3 is 1. The predicted octanol–water partition coefficient (Wildman–Crippen LogP) is 2.96. The third-order valence-corrected chi connectivity index (χ3v) is 4.23. The normalized spacial score (nSPS) is 17.7. The lowest BCUT2D eigenvalue weighted by Gasteiger charge is -2.08. The zero-order valence-electron chi connectivity index (χ0n) is 14.3. The molecule has 0 aromatic heterocycles. The van der Waals surface area contributed by atoms with Gasteiger partial charge in [0.15, 0.2) is 0 Å². The number of hydrogen-bond donors (Lipinski definition) is 2. The molecule has 2 atom stereocenters. The van der Waals surface area contributed by atoms with Crippen molar-refractivity contribution in [1.29, 1.82) is 0 Å². The van der Waals surface area contributed by atoms with Crippen molar-refractivity contribution in [2.24, 2.45) is 11.8 Å². The van der Waals surface area contributed by atoms with E-state index in [0.717, 1.165) is 12.1 Å². The van der Waals surface area contributed by atoms with Crippen molar-refractivity contribution in [3.63, 3.8) is 0 Å². The Labute approximate surface area is 153 Å². The summed E-state index contributed by atoms with van der Waals surface area (Å²) in [6.07, 6.45) is 0.268. The fraction of sp³-hybridized carbons (Fsp3) is 0.211. The lowest BCUT2D eigenvalue weighted by Crippen LogP contribution is -2.21. The molecule has 2 unspecified atom stereocenters. The summed E-state index contributed by atoms with van der Waals surface area (Å²) < 4.78 is 31.8. The Hall–Kier alpha value is -3.29. The summed E-state index contributed by atoms with van der Waals surface area (Å²) in [7, 11) is 1.25. The van der Waals surface area contributed by atoms with Gasteiger partial charge >= 0.3 is 5.97 Å². The van der Waals surface area contributed by atoms with Crippen LogP contribution in [0.1, 0.15) is 16.8 Å². The molecule has 8 heteroatoms. The second-order valence-electron chi connectivity index (χ2n) is 6.10. The van der Waals surface area contributed by atoms with Crippen molar-refractivity contribution in [2.75, 3.05) is 17.7 Å². The molecule has 1 fully saturated rings. The number of ether oxygens (including phenoxy) is 1. The van der Waals surface area contributed by atoms with Crippen LogP contribution in [0.15, 0.2) is 42.5 Å². The Morgan fingerprint density at radius 3 is 2.19 bits per heavy atom. The van der Waals surface area contributed by atoms with Crippen LogP contribution >= 0.6 is 0 Å². The number of nitrogens with one attached hydrogen (secondary N) is 2. The summed E-state index contributed by atoms with van der Waals surface area (Å²) in [5.41, 5.74) is 0.129. The van der Waals surface area contributed by atoms with E-state index in [-0.39, 0.29) is 12.0 Å². The predicted molar refractivity (Wildman–Crippen MR) is 93.0 cm³/mol. The van der Waals surface area contributed by atoms with Gasteiger partial charge in [-0.25, -0.2) is 13.6 Å². The van der Waals surface area contributed by atoms with Gasteiger partial charge in [-0.1, -0.05) is 12.1 Å². The maximum Gasteiger partial charge on any atom is 0.337 e. The van der Waals surface area contributed by atoms with E-state index in [9.17, 15) is 23.2 Å². The van der Waals surface area contributed by atoms with Crippen LogP contribution in [0.25, 0.3) is 0 Å². The first kappa shape index (κ1) is 18.5. The maximum absolute atomic E-state index is 13.6. The number of amides is 2. The quantitative estimate of drug-likeness (QED) is 0.788. The molecular formula is C19H16F2N2O4. The molecule has 2 N–H and O–H groups in total. The summed E-state index contributed by atoms with van der Waals surface area (Å²) >= 11 is 0. The number of hydrogen-bond acceptors (Lipinski definition) is 4. The molecule has 2 aromatic rings. The van der Waals surface area contributed by atoms with E-state index in [0.29, 0.717) is 5.69 Å². The third kappa shape index (κ3) is 4.11. The van der Waals surface area contributed by atoms with Crippen LogP contribution in [0.3, 0.4) is 0 Å². The fourth-order valence-electron chi connectivity index (χ4n) is 2.68. The Bertz CT molecular complexity index is 896. The van der Waals surface area contributed by atoms with E-state index in [1.807, 2.05) is 0 Å². The van der Waals surface area contributed by atoms with Crippen LogP contribution in [0.4, 0.5) is 20.2 Å². The highest BCUT2D eigenvalue weighted by atomic mass is 19.1. The van der Waals surface area contributed by atoms with Crippen molar-refractivity contribution in [1.82, 2.24) is 0 Å². The number of benzene rings is 2. The van der Waals surface area contributed by atoms with Gasteiger partial charge in [-0.05, 0) is 36.8 Å². The first-order valence-electron chi connectivity index (χ1n) is 8.15. The number of rotatable bonds is 5. The van der Waals surface area contributed by atoms with Gasteiger partial charge in [0.05, 0.1) is 24.5 Å². The van der Waals surface area contributed by atoms with E-state index in [2.05, 4.69) is 15.4 Å². The molecule has 27 heavy (non-hydrogen) atoms. The Morgan fingerprint density at radius 1 is 0.963 bits per heavy atom. The average molecular weight is 374 g/mol. The lowest BCUT2D eigenvalue weighted by atomic mass is 10.2. The van der Waals surface area contributed by atoms with Crippen molar-refractivity contribution in [2.45, 2.75) is 6.42 Å². The molecule has 0 heterocycles. The molecule has 2 aromatic carbocycles. The van der Waals surface area contributed by atoms with Gasteiger partial charge < -0.3 is 15.4 Å². The van der Waals surface area contributed by atoms with E-state index in [4.69, 9.17) is 0 Å². The lowest BCUT2D eigenvalue weighted by molar-refractivity contribution is -0.122. The summed E-state index contributed by atoms with van der Waals surface area (Å²) in [6, 6.07) is 9.43. The molecule has 140 valence electrons. The first-order chi connectivity index (χ1) is 12.9. The highest BCUT2D eigenvalue weighted by Crippen LogP contribution is 2.40. The van der Waals surface area contributed by atoms with E-state index in [1.165, 1.54) is 25.3 Å². The van der Waals surface area contributed by atoms with Crippen LogP contribution in [0, 0.1) is 23.5 Å². The van der Waals surface area contributed by atoms with Gasteiger partial charge in [-0.2, -0.15) is 0 Å². The van der Waals surface area contributed by atoms with Crippen molar-refractivity contribution >= 4 is 29.2 Å². The molecule has 0 bridgehead atoms. The van der Waals surface area contributed by atoms with Crippen molar-refractivity contribution in [3.8, 4) is 0 Å². The molecular weight excluding hydrogens is 358 g/mol. The zero-order chi connectivity index (χ0) is 19.6. The Morgan fingerprint density at radius 2 is 1.56 bits per heavy atom. The topological polar surface area (TPSA) is 84.5 Å². The molecule has 0 radical (unpaired) electrons. The highest BCUT2D eigenvalue weighted by Gasteiger charge is 2.48. The molecule has 3 rings (SSSR count). The van der Waals surface area contributed by atoms with E-state index in [1.54, 1.807) is 12.1 Å². The Balaban J connectivity index is 1.60. The minimum atomic E-state index is -0.885. The number of anilines is 2. The van der Waals surface area contributed by atoms with Gasteiger partial charge in [-0.15, -0.1) is 0 Å². The van der Waals surface area contributed by atoms with Gasteiger partial charge in [0.25, 0.3) is 0 Å². The smallest absolute Gasteiger partial charge is 0.337 e. The second-order valence-corrected chi connectivity index (χ2v) is 6.10. The summed E-state index contributed by atoms with van der Waals surface area (Å²) in [5, 5.41) is 4.81. The monoisotopic (exact) mass is 374 g/mol. The molecule has 0 aliphatic heterocycles. The standard InChI is InChI=1S/C19H16F2N2O4/c1-27-19(26)10-4-2-5-11(8-10)22-17(24)12-9-13(12)18(25)23-16-14(20)6-3-7-15(16)21/h2-8,12-13H,9H2,1H3,(H,22,24)(H,23,25). The fourth-order valence-corrected chi connectivity index (χ4v) is 2.68. The number of esters is 1. The van der Waals surface area contributed by atoms with Gasteiger partial charge in [0.2, 0.25) is 11.8 Å². The van der Waals surface area contributed by atoms with Crippen LogP contribution < -0.4 is 10.6 Å². The SMILES string of the molecule is COC(=O)c1cccc(NC(=O)C2CC2C(=O)Nc2c(F)cccc2F)c1. The molecule has 0 saturated heterocycles. The average Bonchev–Trinajstić information content (AvgIpc) is 3.45. The van der Waals surface area contributed by atoms with E-state index >= 15 is 0 Å². The summed E-state index contributed by atoms with van der Waals surface area (Å²) in [5.74, 6) is -4.63. The van der Waals surface area contributed by atoms with Crippen LogP contribution in [-0.2, 0) is 14.3 Å². The van der Waals surface area contributed by atoms with Gasteiger partial charge in [-0.3, -0.25) is 9.59 Å². The molecule has 6 nitrogen and oxygen atoms in total. The number of carbonyl (C=O) groups is 3. The van der Waals surface area contributed by atoms with Crippen molar-refractivity contribution < 1.29 is 27.9 Å². The zero-order valence-corrected chi connectivity index (χ0v) is 14.3. The van der Waals surface area contributed by atoms with Gasteiger partial charge in [0.1, 0.15) is 17.3 Å². The maximum atomic E-state index is 13.6. The molecule has 1 saturated carbocycles. The molecule has 2 amide bonds. The van der Waals surface area contributed by atoms with Gasteiger partial charge in [0, 0.05) is 5.69 Å². The minimum absolute atomic E-state index is 0.268. The molecule has 1 aliphatic rings. The number of halogens is 2. The van der Waals surface area contributed by atoms with Crippen LogP contribution in [-0.4, -0.2) is 24.9 Å². The Kier molecular flexibility index (Phi) is 5.16. The van der Waals surface area contributed by atoms with Crippen LogP contribution in [0.2, 0.25) is 0 Å². The van der Waals surface area contributed by atoms with Crippen LogP contribution in [0.5, 0.6) is 0 Å². The minimum Gasteiger partial charge on any atom is -0.465 e. The first-order valence-corrected chi connectivity index (χ1v) is 8.15. The van der Waals surface area contributed by atoms with E-state index < -0.39 is 46.9 Å². The molecule has 1 aliphatic carbocycles. The molecule has 0 spiro atoms. The highest BCUT2D eigenvalue weighted by molar-refractivity contribution is 6.03. The third-order valence-electron chi connectivity index (χ3n) is 4.23. The van der Waals surface area contributed by atoms with Crippen molar-refractivity contribution in [3.05, 3.63) is 59.7 Å². The summed E-state index contributed by atoms with van der Waals surface area (Å²) in [4.78, 5) is 35.9.